The largest absolute Gasteiger partial charge is 0.573 e. The molecule has 1 amide bonds. The van der Waals surface area contributed by atoms with E-state index in [1.54, 1.807) is 18.2 Å². The van der Waals surface area contributed by atoms with Crippen LogP contribution >= 0.6 is 0 Å². The van der Waals surface area contributed by atoms with Crippen molar-refractivity contribution in [2.45, 2.75) is 25.6 Å². The first-order valence-electron chi connectivity index (χ1n) is 11.2. The number of esters is 1. The molecular formula is C27H26F3NO5. The molecule has 9 heteroatoms. The van der Waals surface area contributed by atoms with E-state index in [4.69, 9.17) is 4.74 Å². The second kappa shape index (κ2) is 12.1. The summed E-state index contributed by atoms with van der Waals surface area (Å²) in [5.74, 6) is -1.83. The number of halogens is 3. The molecule has 0 unspecified atom stereocenters. The van der Waals surface area contributed by atoms with Gasteiger partial charge in [0.25, 0.3) is 0 Å². The zero-order valence-electron chi connectivity index (χ0n) is 19.9. The molecule has 6 nitrogen and oxygen atoms in total. The smallest absolute Gasteiger partial charge is 0.495 e. The van der Waals surface area contributed by atoms with Gasteiger partial charge in [-0.25, -0.2) is 4.79 Å². The molecule has 0 saturated heterocycles. The van der Waals surface area contributed by atoms with Crippen molar-refractivity contribution in [3.63, 3.8) is 0 Å². The lowest BCUT2D eigenvalue weighted by Crippen LogP contribution is -2.38. The Bertz CT molecular complexity index is 1160. The zero-order valence-corrected chi connectivity index (χ0v) is 19.9. The number of unbranched alkanes of at least 4 members (excludes halogenated alkanes) is 1. The third kappa shape index (κ3) is 7.24. The van der Waals surface area contributed by atoms with Gasteiger partial charge in [0, 0.05) is 6.54 Å². The van der Waals surface area contributed by atoms with Crippen LogP contribution in [0.5, 0.6) is 11.5 Å². The maximum absolute atomic E-state index is 12.8. The van der Waals surface area contributed by atoms with E-state index in [9.17, 15) is 22.8 Å². The van der Waals surface area contributed by atoms with Crippen molar-refractivity contribution >= 4 is 17.6 Å². The Morgan fingerprint density at radius 2 is 1.53 bits per heavy atom. The van der Waals surface area contributed by atoms with E-state index in [0.717, 1.165) is 20.0 Å². The van der Waals surface area contributed by atoms with Crippen LogP contribution in [-0.4, -0.2) is 39.0 Å². The molecule has 3 rings (SSSR count). The van der Waals surface area contributed by atoms with Crippen molar-refractivity contribution in [1.82, 2.24) is 0 Å². The number of ether oxygens (including phenoxy) is 3. The fourth-order valence-corrected chi connectivity index (χ4v) is 3.70. The topological polar surface area (TPSA) is 65.1 Å². The Labute approximate surface area is 207 Å². The third-order valence-electron chi connectivity index (χ3n) is 5.44. The fraction of sp³-hybridized carbons (Fsp3) is 0.259. The van der Waals surface area contributed by atoms with Crippen molar-refractivity contribution in [1.29, 1.82) is 0 Å². The Hall–Kier alpha value is -4.01. The molecule has 3 aromatic carbocycles. The molecule has 0 fully saturated rings. The van der Waals surface area contributed by atoms with Gasteiger partial charge in [-0.05, 0) is 60.2 Å². The molecule has 0 aliphatic heterocycles. The van der Waals surface area contributed by atoms with Crippen molar-refractivity contribution < 1.29 is 37.0 Å². The maximum Gasteiger partial charge on any atom is 0.573 e. The number of nitrogens with zero attached hydrogens (tertiary/aromatic N) is 1. The van der Waals surface area contributed by atoms with Gasteiger partial charge >= 0.3 is 18.2 Å². The standard InChI is InChI=1S/C27H26F3NO5/c1-34-24-18-21(20-11-14-22(15-12-20)36-27(28,29)30)13-16-23(24)31(25(32)26(33)35-2)17-7-6-10-19-8-4-3-5-9-19/h3-5,8-9,11-16,18H,6-7,10,17H2,1-2H3. The number of methoxy groups -OCH3 is 2. The molecule has 0 spiro atoms. The van der Waals surface area contributed by atoms with Crippen LogP contribution in [0.1, 0.15) is 18.4 Å². The first-order valence-corrected chi connectivity index (χ1v) is 11.2. The third-order valence-corrected chi connectivity index (χ3v) is 5.44. The van der Waals surface area contributed by atoms with Crippen molar-refractivity contribution in [3.05, 3.63) is 78.4 Å². The zero-order chi connectivity index (χ0) is 26.1. The van der Waals surface area contributed by atoms with Crippen molar-refractivity contribution in [3.8, 4) is 22.6 Å². The SMILES string of the molecule is COC(=O)C(=O)N(CCCCc1ccccc1)c1ccc(-c2ccc(OC(F)(F)F)cc2)cc1OC. The van der Waals surface area contributed by atoms with E-state index in [1.807, 2.05) is 30.3 Å². The highest BCUT2D eigenvalue weighted by Gasteiger charge is 2.31. The van der Waals surface area contributed by atoms with E-state index in [0.29, 0.717) is 29.0 Å². The van der Waals surface area contributed by atoms with E-state index < -0.39 is 18.2 Å². The monoisotopic (exact) mass is 501 g/mol. The predicted octanol–water partition coefficient (Wildman–Crippen LogP) is 5.79. The minimum absolute atomic E-state index is 0.264. The molecule has 0 aromatic heterocycles. The molecule has 0 radical (unpaired) electrons. The average Bonchev–Trinajstić information content (AvgIpc) is 2.88. The lowest BCUT2D eigenvalue weighted by Gasteiger charge is -2.24. The van der Waals surface area contributed by atoms with Crippen LogP contribution in [0, 0.1) is 0 Å². The molecule has 190 valence electrons. The maximum atomic E-state index is 12.8. The predicted molar refractivity (Wildman–Crippen MR) is 129 cm³/mol. The number of hydrogen-bond acceptors (Lipinski definition) is 5. The molecule has 36 heavy (non-hydrogen) atoms. The molecule has 0 atom stereocenters. The van der Waals surface area contributed by atoms with Crippen LogP contribution in [0.15, 0.2) is 72.8 Å². The molecule has 0 N–H and O–H groups in total. The highest BCUT2D eigenvalue weighted by atomic mass is 19.4. The minimum atomic E-state index is -4.77. The summed E-state index contributed by atoms with van der Waals surface area (Å²) in [6.45, 7) is 0.264. The highest BCUT2D eigenvalue weighted by Crippen LogP contribution is 2.35. The summed E-state index contributed by atoms with van der Waals surface area (Å²) < 4.78 is 51.3. The molecule has 0 bridgehead atoms. The van der Waals surface area contributed by atoms with Crippen molar-refractivity contribution in [2.24, 2.45) is 0 Å². The number of rotatable bonds is 9. The van der Waals surface area contributed by atoms with Crippen LogP contribution in [0.25, 0.3) is 11.1 Å². The normalized spacial score (nSPS) is 11.0. The number of amides is 1. The quantitative estimate of drug-likeness (QED) is 0.211. The molecule has 0 aliphatic carbocycles. The Morgan fingerprint density at radius 1 is 0.861 bits per heavy atom. The Balaban J connectivity index is 1.80. The summed E-state index contributed by atoms with van der Waals surface area (Å²) in [7, 11) is 2.57. The van der Waals surface area contributed by atoms with Crippen LogP contribution in [-0.2, 0) is 20.7 Å². The summed E-state index contributed by atoms with van der Waals surface area (Å²) in [6.07, 6.45) is -2.53. The van der Waals surface area contributed by atoms with Gasteiger partial charge in [-0.2, -0.15) is 0 Å². The van der Waals surface area contributed by atoms with E-state index in [-0.39, 0.29) is 12.3 Å². The summed E-state index contributed by atoms with van der Waals surface area (Å²) >= 11 is 0. The molecule has 0 aliphatic rings. The van der Waals surface area contributed by atoms with Crippen molar-refractivity contribution in [2.75, 3.05) is 25.7 Å². The van der Waals surface area contributed by atoms with E-state index in [1.165, 1.54) is 41.8 Å². The first-order chi connectivity index (χ1) is 17.2. The number of aryl methyl sites for hydroxylation is 1. The van der Waals surface area contributed by atoms with Gasteiger partial charge in [-0.1, -0.05) is 48.5 Å². The van der Waals surface area contributed by atoms with E-state index in [2.05, 4.69) is 9.47 Å². The summed E-state index contributed by atoms with van der Waals surface area (Å²) in [5, 5.41) is 0. The van der Waals surface area contributed by atoms with Gasteiger partial charge in [-0.3, -0.25) is 9.69 Å². The lowest BCUT2D eigenvalue weighted by atomic mass is 10.0. The number of benzene rings is 3. The van der Waals surface area contributed by atoms with Gasteiger partial charge in [0.15, 0.2) is 0 Å². The van der Waals surface area contributed by atoms with Gasteiger partial charge in [0.1, 0.15) is 11.5 Å². The molecule has 0 heterocycles. The van der Waals surface area contributed by atoms with Crippen LogP contribution < -0.4 is 14.4 Å². The number of carbonyl (C=O) groups excluding carboxylic acids is 2. The number of hydrogen-bond donors (Lipinski definition) is 0. The van der Waals surface area contributed by atoms with Crippen LogP contribution in [0.2, 0.25) is 0 Å². The fourth-order valence-electron chi connectivity index (χ4n) is 3.70. The molecule has 3 aromatic rings. The summed E-state index contributed by atoms with van der Waals surface area (Å²) in [6, 6.07) is 20.3. The number of anilines is 1. The number of alkyl halides is 3. The molecule has 0 saturated carbocycles. The highest BCUT2D eigenvalue weighted by molar-refractivity contribution is 6.38. The van der Waals surface area contributed by atoms with Crippen LogP contribution in [0.3, 0.4) is 0 Å². The lowest BCUT2D eigenvalue weighted by molar-refractivity contribution is -0.274. The van der Waals surface area contributed by atoms with Gasteiger partial charge in [-0.15, -0.1) is 13.2 Å². The van der Waals surface area contributed by atoms with Crippen LogP contribution in [0.4, 0.5) is 18.9 Å². The second-order valence-electron chi connectivity index (χ2n) is 7.85. The number of carbonyl (C=O) groups is 2. The van der Waals surface area contributed by atoms with Gasteiger partial charge in [0.2, 0.25) is 0 Å². The van der Waals surface area contributed by atoms with Gasteiger partial charge < -0.3 is 14.2 Å². The minimum Gasteiger partial charge on any atom is -0.495 e. The summed E-state index contributed by atoms with van der Waals surface area (Å²) in [5.41, 5.74) is 2.82. The first kappa shape index (κ1) is 26.6. The molecular weight excluding hydrogens is 475 g/mol. The van der Waals surface area contributed by atoms with Gasteiger partial charge in [0.05, 0.1) is 19.9 Å². The Kier molecular flexibility index (Phi) is 8.94. The summed E-state index contributed by atoms with van der Waals surface area (Å²) in [4.78, 5) is 26.2. The van der Waals surface area contributed by atoms with E-state index >= 15 is 0 Å². The second-order valence-corrected chi connectivity index (χ2v) is 7.85. The Morgan fingerprint density at radius 3 is 2.14 bits per heavy atom. The average molecular weight is 502 g/mol.